The first-order valence-electron chi connectivity index (χ1n) is 6.17. The van der Waals surface area contributed by atoms with Crippen LogP contribution in [0.4, 0.5) is 5.69 Å². The van der Waals surface area contributed by atoms with E-state index >= 15 is 0 Å². The monoisotopic (exact) mass is 281 g/mol. The number of hydrogen-bond donors (Lipinski definition) is 0. The van der Waals surface area contributed by atoms with E-state index in [-0.39, 0.29) is 29.4 Å². The van der Waals surface area contributed by atoms with Gasteiger partial charge in [-0.3, -0.25) is 4.79 Å². The molecule has 2 heterocycles. The summed E-state index contributed by atoms with van der Waals surface area (Å²) in [6.07, 6.45) is 0.307. The summed E-state index contributed by atoms with van der Waals surface area (Å²) in [5, 5.41) is 0. The SMILES string of the molecule is COc1ccccc1N1C(=O)C[C@@H]2CS(=O)(=O)C[C@@H]21. The van der Waals surface area contributed by atoms with Crippen LogP contribution >= 0.6 is 0 Å². The number of para-hydroxylation sites is 2. The molecular formula is C13H15NO4S. The Morgan fingerprint density at radius 3 is 2.74 bits per heavy atom. The highest BCUT2D eigenvalue weighted by atomic mass is 32.2. The number of rotatable bonds is 2. The lowest BCUT2D eigenvalue weighted by Gasteiger charge is -2.24. The third-order valence-electron chi connectivity index (χ3n) is 3.82. The van der Waals surface area contributed by atoms with Gasteiger partial charge in [0.1, 0.15) is 5.75 Å². The van der Waals surface area contributed by atoms with Crippen LogP contribution in [0.15, 0.2) is 24.3 Å². The Morgan fingerprint density at radius 1 is 1.26 bits per heavy atom. The molecule has 19 heavy (non-hydrogen) atoms. The van der Waals surface area contributed by atoms with Gasteiger partial charge in [-0.05, 0) is 12.1 Å². The largest absolute Gasteiger partial charge is 0.495 e. The van der Waals surface area contributed by atoms with Crippen LogP contribution in [0.3, 0.4) is 0 Å². The van der Waals surface area contributed by atoms with Gasteiger partial charge in [-0.25, -0.2) is 8.42 Å². The zero-order valence-electron chi connectivity index (χ0n) is 10.6. The van der Waals surface area contributed by atoms with Crippen LogP contribution in [0.5, 0.6) is 5.75 Å². The minimum atomic E-state index is -3.02. The molecule has 2 aliphatic rings. The summed E-state index contributed by atoms with van der Waals surface area (Å²) < 4.78 is 28.7. The summed E-state index contributed by atoms with van der Waals surface area (Å²) in [6.45, 7) is 0. The van der Waals surface area contributed by atoms with Crippen molar-refractivity contribution in [2.45, 2.75) is 12.5 Å². The summed E-state index contributed by atoms with van der Waals surface area (Å²) in [5.41, 5.74) is 0.666. The van der Waals surface area contributed by atoms with Gasteiger partial charge in [-0.2, -0.15) is 0 Å². The van der Waals surface area contributed by atoms with Crippen molar-refractivity contribution in [1.82, 2.24) is 0 Å². The average molecular weight is 281 g/mol. The van der Waals surface area contributed by atoms with Crippen molar-refractivity contribution in [2.24, 2.45) is 5.92 Å². The molecule has 102 valence electrons. The molecular weight excluding hydrogens is 266 g/mol. The molecule has 0 radical (unpaired) electrons. The smallest absolute Gasteiger partial charge is 0.227 e. The first-order chi connectivity index (χ1) is 9.02. The lowest BCUT2D eigenvalue weighted by Crippen LogP contribution is -2.36. The Morgan fingerprint density at radius 2 is 2.00 bits per heavy atom. The fourth-order valence-electron chi connectivity index (χ4n) is 3.03. The van der Waals surface area contributed by atoms with E-state index in [0.29, 0.717) is 17.9 Å². The number of carbonyl (C=O) groups excluding carboxylic acids is 1. The summed E-state index contributed by atoms with van der Waals surface area (Å²) in [6, 6.07) is 6.98. The van der Waals surface area contributed by atoms with Crippen molar-refractivity contribution in [2.75, 3.05) is 23.5 Å². The molecule has 0 saturated carbocycles. The predicted octanol–water partition coefficient (Wildman–Crippen LogP) is 0.845. The van der Waals surface area contributed by atoms with E-state index in [4.69, 9.17) is 4.74 Å². The Hall–Kier alpha value is -1.56. The van der Waals surface area contributed by atoms with Crippen molar-refractivity contribution in [3.63, 3.8) is 0 Å². The van der Waals surface area contributed by atoms with Crippen molar-refractivity contribution in [1.29, 1.82) is 0 Å². The molecule has 2 saturated heterocycles. The minimum absolute atomic E-state index is 0.0191. The average Bonchev–Trinajstić information content (AvgIpc) is 2.79. The summed E-state index contributed by atoms with van der Waals surface area (Å²) in [5.74, 6) is 0.675. The normalized spacial score (nSPS) is 28.5. The number of fused-ring (bicyclic) bond motifs is 1. The molecule has 2 fully saturated rings. The molecule has 2 atom stereocenters. The number of nitrogens with zero attached hydrogens (tertiary/aromatic N) is 1. The summed E-state index contributed by atoms with van der Waals surface area (Å²) >= 11 is 0. The molecule has 0 bridgehead atoms. The third kappa shape index (κ3) is 2.00. The van der Waals surface area contributed by atoms with Crippen LogP contribution in [0.1, 0.15) is 6.42 Å². The highest BCUT2D eigenvalue weighted by Crippen LogP contribution is 2.40. The maximum Gasteiger partial charge on any atom is 0.227 e. The Kier molecular flexibility index (Phi) is 2.78. The van der Waals surface area contributed by atoms with Crippen LogP contribution in [0, 0.1) is 5.92 Å². The van der Waals surface area contributed by atoms with E-state index in [2.05, 4.69) is 0 Å². The van der Waals surface area contributed by atoms with Gasteiger partial charge in [0.25, 0.3) is 0 Å². The quantitative estimate of drug-likeness (QED) is 0.806. The highest BCUT2D eigenvalue weighted by molar-refractivity contribution is 7.91. The topological polar surface area (TPSA) is 63.7 Å². The fourth-order valence-corrected chi connectivity index (χ4v) is 5.10. The van der Waals surface area contributed by atoms with E-state index in [1.807, 2.05) is 12.1 Å². The molecule has 3 rings (SSSR count). The van der Waals surface area contributed by atoms with Gasteiger partial charge in [-0.15, -0.1) is 0 Å². The van der Waals surface area contributed by atoms with Crippen LogP contribution in [0.2, 0.25) is 0 Å². The number of amides is 1. The predicted molar refractivity (Wildman–Crippen MR) is 71.0 cm³/mol. The van der Waals surface area contributed by atoms with Gasteiger partial charge in [0.2, 0.25) is 5.91 Å². The lowest BCUT2D eigenvalue weighted by molar-refractivity contribution is -0.117. The first-order valence-corrected chi connectivity index (χ1v) is 7.99. The van der Waals surface area contributed by atoms with E-state index in [9.17, 15) is 13.2 Å². The lowest BCUT2D eigenvalue weighted by atomic mass is 10.0. The number of benzene rings is 1. The van der Waals surface area contributed by atoms with Crippen LogP contribution < -0.4 is 9.64 Å². The van der Waals surface area contributed by atoms with Gasteiger partial charge in [0.05, 0.1) is 30.3 Å². The molecule has 0 N–H and O–H groups in total. The van der Waals surface area contributed by atoms with E-state index in [1.165, 1.54) is 0 Å². The molecule has 2 aliphatic heterocycles. The van der Waals surface area contributed by atoms with E-state index < -0.39 is 9.84 Å². The number of methoxy groups -OCH3 is 1. The molecule has 0 aliphatic carbocycles. The molecule has 1 aromatic rings. The van der Waals surface area contributed by atoms with Gasteiger partial charge in [-0.1, -0.05) is 12.1 Å². The van der Waals surface area contributed by atoms with Crippen LogP contribution in [0.25, 0.3) is 0 Å². The van der Waals surface area contributed by atoms with Crippen LogP contribution in [-0.2, 0) is 14.6 Å². The standard InChI is InChI=1S/C13H15NO4S/c1-18-12-5-3-2-4-10(12)14-11-8-19(16,17)7-9(11)6-13(14)15/h2-5,9,11H,6-8H2,1H3/t9-,11+/m1/s1. The summed E-state index contributed by atoms with van der Waals surface area (Å²) in [7, 11) is -1.48. The number of ether oxygens (including phenoxy) is 1. The Labute approximate surface area is 112 Å². The van der Waals surface area contributed by atoms with Gasteiger partial charge >= 0.3 is 0 Å². The number of anilines is 1. The van der Waals surface area contributed by atoms with Crippen molar-refractivity contribution >= 4 is 21.4 Å². The second kappa shape index (κ2) is 4.23. The number of hydrogen-bond acceptors (Lipinski definition) is 4. The number of carbonyl (C=O) groups is 1. The van der Waals surface area contributed by atoms with Gasteiger partial charge in [0.15, 0.2) is 9.84 Å². The van der Waals surface area contributed by atoms with E-state index in [0.717, 1.165) is 0 Å². The molecule has 0 aromatic heterocycles. The van der Waals surface area contributed by atoms with Crippen molar-refractivity contribution < 1.29 is 17.9 Å². The van der Waals surface area contributed by atoms with Gasteiger partial charge < -0.3 is 9.64 Å². The molecule has 0 unspecified atom stereocenters. The Balaban J connectivity index is 2.02. The fraction of sp³-hybridized carbons (Fsp3) is 0.462. The second-order valence-corrected chi connectivity index (χ2v) is 7.20. The molecule has 0 spiro atoms. The highest BCUT2D eigenvalue weighted by Gasteiger charge is 2.49. The maximum atomic E-state index is 12.1. The maximum absolute atomic E-state index is 12.1. The van der Waals surface area contributed by atoms with Crippen LogP contribution in [-0.4, -0.2) is 39.0 Å². The first kappa shape index (κ1) is 12.5. The summed E-state index contributed by atoms with van der Waals surface area (Å²) in [4.78, 5) is 13.7. The molecule has 1 amide bonds. The molecule has 5 nitrogen and oxygen atoms in total. The molecule has 1 aromatic carbocycles. The van der Waals surface area contributed by atoms with E-state index in [1.54, 1.807) is 24.1 Å². The van der Waals surface area contributed by atoms with Crippen molar-refractivity contribution in [3.8, 4) is 5.75 Å². The third-order valence-corrected chi connectivity index (χ3v) is 5.60. The number of sulfone groups is 1. The van der Waals surface area contributed by atoms with Gasteiger partial charge in [0, 0.05) is 12.3 Å². The zero-order valence-corrected chi connectivity index (χ0v) is 11.4. The molecule has 6 heteroatoms. The Bertz CT molecular complexity index is 625. The second-order valence-electron chi connectivity index (χ2n) is 5.04. The van der Waals surface area contributed by atoms with Crippen molar-refractivity contribution in [3.05, 3.63) is 24.3 Å². The zero-order chi connectivity index (χ0) is 13.6. The minimum Gasteiger partial charge on any atom is -0.495 e.